The summed E-state index contributed by atoms with van der Waals surface area (Å²) in [4.78, 5) is 1.46. The van der Waals surface area contributed by atoms with Crippen molar-refractivity contribution < 1.29 is 0 Å². The summed E-state index contributed by atoms with van der Waals surface area (Å²) in [5, 5.41) is 3.62. The highest BCUT2D eigenvalue weighted by molar-refractivity contribution is 7.16. The second-order valence-electron chi connectivity index (χ2n) is 5.05. The topological polar surface area (TPSA) is 12.0 Å². The Labute approximate surface area is 114 Å². The van der Waals surface area contributed by atoms with Gasteiger partial charge in [0, 0.05) is 10.9 Å². The fourth-order valence-electron chi connectivity index (χ4n) is 2.87. The molecule has 1 heterocycles. The molecule has 1 nitrogen and oxygen atoms in total. The molecule has 2 unspecified atom stereocenters. The van der Waals surface area contributed by atoms with E-state index < -0.39 is 0 Å². The van der Waals surface area contributed by atoms with Gasteiger partial charge < -0.3 is 5.32 Å². The first-order valence-electron chi connectivity index (χ1n) is 6.75. The average Bonchev–Trinajstić information content (AvgIpc) is 2.58. The fraction of sp³-hybridized carbons (Fsp3) is 0.714. The molecule has 1 aromatic heterocycles. The summed E-state index contributed by atoms with van der Waals surface area (Å²) < 4.78 is 0.928. The third kappa shape index (κ3) is 4.27. The molecule has 1 saturated carbocycles. The molecule has 1 fully saturated rings. The van der Waals surface area contributed by atoms with E-state index in [9.17, 15) is 0 Å². The van der Waals surface area contributed by atoms with Crippen LogP contribution in [0.3, 0.4) is 0 Å². The first kappa shape index (κ1) is 13.4. The Balaban J connectivity index is 1.90. The van der Waals surface area contributed by atoms with Crippen molar-refractivity contribution >= 4 is 22.9 Å². The van der Waals surface area contributed by atoms with Gasteiger partial charge in [0.25, 0.3) is 0 Å². The van der Waals surface area contributed by atoms with Gasteiger partial charge in [0.15, 0.2) is 0 Å². The molecule has 2 atom stereocenters. The van der Waals surface area contributed by atoms with E-state index in [2.05, 4.69) is 18.3 Å². The van der Waals surface area contributed by atoms with Crippen LogP contribution in [-0.4, -0.2) is 12.6 Å². The third-order valence-electron chi connectivity index (χ3n) is 3.64. The molecule has 0 bridgehead atoms. The summed E-state index contributed by atoms with van der Waals surface area (Å²) in [6, 6.07) is 4.96. The van der Waals surface area contributed by atoms with Crippen LogP contribution < -0.4 is 5.32 Å². The number of halogens is 1. The van der Waals surface area contributed by atoms with Crippen molar-refractivity contribution in [2.75, 3.05) is 6.54 Å². The second kappa shape index (κ2) is 6.77. The first-order valence-corrected chi connectivity index (χ1v) is 7.95. The quantitative estimate of drug-likeness (QED) is 0.795. The van der Waals surface area contributed by atoms with E-state index in [-0.39, 0.29) is 0 Å². The van der Waals surface area contributed by atoms with Crippen molar-refractivity contribution in [3.8, 4) is 0 Å². The fourth-order valence-corrected chi connectivity index (χ4v) is 4.07. The zero-order chi connectivity index (χ0) is 12.1. The number of nitrogens with one attached hydrogen (secondary N) is 1. The Morgan fingerprint density at radius 3 is 2.88 bits per heavy atom. The van der Waals surface area contributed by atoms with Crippen molar-refractivity contribution in [3.05, 3.63) is 21.3 Å². The molecule has 0 aromatic carbocycles. The van der Waals surface area contributed by atoms with E-state index >= 15 is 0 Å². The van der Waals surface area contributed by atoms with Gasteiger partial charge >= 0.3 is 0 Å². The standard InChI is InChI=1S/C14H22ClNS/c1-2-16-12-6-4-3-5-11(9-12)10-13-7-8-14(15)17-13/h7-8,11-12,16H,2-6,9-10H2,1H3. The minimum absolute atomic E-state index is 0.739. The summed E-state index contributed by atoms with van der Waals surface area (Å²) in [6.07, 6.45) is 8.08. The highest BCUT2D eigenvalue weighted by Crippen LogP contribution is 2.30. The third-order valence-corrected chi connectivity index (χ3v) is 4.90. The smallest absolute Gasteiger partial charge is 0.0931 e. The van der Waals surface area contributed by atoms with Gasteiger partial charge in [-0.05, 0) is 43.9 Å². The molecule has 1 aromatic rings. The Kier molecular flexibility index (Phi) is 5.33. The Morgan fingerprint density at radius 1 is 1.35 bits per heavy atom. The Bertz CT molecular complexity index is 337. The molecular weight excluding hydrogens is 250 g/mol. The number of hydrogen-bond acceptors (Lipinski definition) is 2. The lowest BCUT2D eigenvalue weighted by Crippen LogP contribution is -2.30. The molecule has 0 aliphatic heterocycles. The summed E-state index contributed by atoms with van der Waals surface area (Å²) in [5.74, 6) is 0.844. The number of hydrogen-bond donors (Lipinski definition) is 1. The van der Waals surface area contributed by atoms with Crippen molar-refractivity contribution in [1.29, 1.82) is 0 Å². The van der Waals surface area contributed by atoms with E-state index in [4.69, 9.17) is 11.6 Å². The maximum Gasteiger partial charge on any atom is 0.0931 e. The molecule has 0 amide bonds. The lowest BCUT2D eigenvalue weighted by Gasteiger charge is -2.20. The van der Waals surface area contributed by atoms with Gasteiger partial charge in [0.2, 0.25) is 0 Å². The van der Waals surface area contributed by atoms with E-state index in [1.807, 2.05) is 6.07 Å². The second-order valence-corrected chi connectivity index (χ2v) is 6.85. The van der Waals surface area contributed by atoms with Gasteiger partial charge in [0.05, 0.1) is 4.34 Å². The molecule has 0 spiro atoms. The molecule has 96 valence electrons. The van der Waals surface area contributed by atoms with Gasteiger partial charge in [0.1, 0.15) is 0 Å². The van der Waals surface area contributed by atoms with Crippen molar-refractivity contribution in [2.45, 2.75) is 51.5 Å². The van der Waals surface area contributed by atoms with Crippen LogP contribution in [0.1, 0.15) is 43.9 Å². The predicted molar refractivity (Wildman–Crippen MR) is 77.1 cm³/mol. The van der Waals surface area contributed by atoms with Crippen LogP contribution in [0.4, 0.5) is 0 Å². The first-order chi connectivity index (χ1) is 8.28. The molecule has 1 aliphatic rings. The lowest BCUT2D eigenvalue weighted by atomic mass is 9.94. The summed E-state index contributed by atoms with van der Waals surface area (Å²) in [6.45, 7) is 3.31. The van der Waals surface area contributed by atoms with E-state index in [1.165, 1.54) is 43.4 Å². The van der Waals surface area contributed by atoms with Crippen LogP contribution >= 0.6 is 22.9 Å². The van der Waals surface area contributed by atoms with Crippen molar-refractivity contribution in [1.82, 2.24) is 5.32 Å². The number of thiophene rings is 1. The lowest BCUT2D eigenvalue weighted by molar-refractivity contribution is 0.391. The molecule has 17 heavy (non-hydrogen) atoms. The van der Waals surface area contributed by atoms with Crippen LogP contribution in [0, 0.1) is 5.92 Å². The van der Waals surface area contributed by atoms with Crippen LogP contribution in [-0.2, 0) is 6.42 Å². The molecule has 3 heteroatoms. The van der Waals surface area contributed by atoms with Crippen LogP contribution in [0.15, 0.2) is 12.1 Å². The Morgan fingerprint density at radius 2 is 2.18 bits per heavy atom. The highest BCUT2D eigenvalue weighted by atomic mass is 35.5. The summed E-state index contributed by atoms with van der Waals surface area (Å²) >= 11 is 7.74. The van der Waals surface area contributed by atoms with Gasteiger partial charge in [-0.1, -0.05) is 37.8 Å². The van der Waals surface area contributed by atoms with E-state index in [0.29, 0.717) is 0 Å². The summed E-state index contributed by atoms with van der Waals surface area (Å²) in [7, 11) is 0. The molecule has 0 saturated heterocycles. The van der Waals surface area contributed by atoms with Crippen molar-refractivity contribution in [3.63, 3.8) is 0 Å². The monoisotopic (exact) mass is 271 g/mol. The molecule has 0 radical (unpaired) electrons. The SMILES string of the molecule is CCNC1CCCCC(Cc2ccc(Cl)s2)C1. The zero-order valence-corrected chi connectivity index (χ0v) is 12.1. The van der Waals surface area contributed by atoms with Gasteiger partial charge in [-0.3, -0.25) is 0 Å². The normalized spacial score (nSPS) is 25.8. The van der Waals surface area contributed by atoms with Crippen LogP contribution in [0.5, 0.6) is 0 Å². The van der Waals surface area contributed by atoms with Gasteiger partial charge in [-0.2, -0.15) is 0 Å². The van der Waals surface area contributed by atoms with Gasteiger partial charge in [-0.25, -0.2) is 0 Å². The molecule has 1 N–H and O–H groups in total. The molecule has 1 aliphatic carbocycles. The van der Waals surface area contributed by atoms with Gasteiger partial charge in [-0.15, -0.1) is 11.3 Å². The highest BCUT2D eigenvalue weighted by Gasteiger charge is 2.20. The minimum Gasteiger partial charge on any atom is -0.314 e. The van der Waals surface area contributed by atoms with Crippen molar-refractivity contribution in [2.24, 2.45) is 5.92 Å². The van der Waals surface area contributed by atoms with Crippen LogP contribution in [0.2, 0.25) is 4.34 Å². The average molecular weight is 272 g/mol. The van der Waals surface area contributed by atoms with Crippen LogP contribution in [0.25, 0.3) is 0 Å². The maximum atomic E-state index is 5.99. The van der Waals surface area contributed by atoms with E-state index in [1.54, 1.807) is 11.3 Å². The molecular formula is C14H22ClNS. The largest absolute Gasteiger partial charge is 0.314 e. The number of rotatable bonds is 4. The predicted octanol–water partition coefficient (Wildman–Crippen LogP) is 4.50. The van der Waals surface area contributed by atoms with E-state index in [0.717, 1.165) is 22.8 Å². The minimum atomic E-state index is 0.739. The zero-order valence-electron chi connectivity index (χ0n) is 10.5. The molecule has 2 rings (SSSR count). The Hall–Kier alpha value is -0.0500. The maximum absolute atomic E-state index is 5.99. The summed E-state index contributed by atoms with van der Waals surface area (Å²) in [5.41, 5.74) is 0.